The number of carbonyl (C=O) groups is 1. The molecule has 5 nitrogen and oxygen atoms in total. The monoisotopic (exact) mass is 240 g/mol. The largest absolute Gasteiger partial charge is 0.335 e. The van der Waals surface area contributed by atoms with Gasteiger partial charge in [0.15, 0.2) is 0 Å². The van der Waals surface area contributed by atoms with E-state index in [2.05, 4.69) is 15.2 Å². The Morgan fingerprint density at radius 1 is 1.69 bits per heavy atom. The molecule has 0 radical (unpaired) electrons. The summed E-state index contributed by atoms with van der Waals surface area (Å²) in [5.74, 6) is 3.13. The molecule has 2 heterocycles. The number of hydrogen-bond donors (Lipinski definition) is 1. The summed E-state index contributed by atoms with van der Waals surface area (Å²) in [7, 11) is 1.83. The minimum Gasteiger partial charge on any atom is -0.335 e. The van der Waals surface area contributed by atoms with Crippen LogP contribution in [0.1, 0.15) is 29.8 Å². The lowest BCUT2D eigenvalue weighted by Crippen LogP contribution is -2.37. The van der Waals surface area contributed by atoms with Crippen molar-refractivity contribution >= 4 is 17.7 Å². The molecule has 1 N–H and O–H groups in total. The average molecular weight is 240 g/mol. The number of aryl methyl sites for hydroxylation is 1. The molecule has 0 saturated carbocycles. The molecular formula is C10H16N4OS. The molecule has 16 heavy (non-hydrogen) atoms. The number of hydrogen-bond acceptors (Lipinski definition) is 4. The van der Waals surface area contributed by atoms with Gasteiger partial charge in [0.25, 0.3) is 5.91 Å². The van der Waals surface area contributed by atoms with Gasteiger partial charge in [0, 0.05) is 25.3 Å². The van der Waals surface area contributed by atoms with Crippen molar-refractivity contribution in [2.75, 3.05) is 18.6 Å². The van der Waals surface area contributed by atoms with E-state index < -0.39 is 0 Å². The molecule has 1 atom stereocenters. The van der Waals surface area contributed by atoms with Crippen LogP contribution in [0.3, 0.4) is 0 Å². The van der Waals surface area contributed by atoms with Crippen LogP contribution >= 0.6 is 11.8 Å². The molecule has 2 rings (SSSR count). The lowest BCUT2D eigenvalue weighted by atomic mass is 10.2. The van der Waals surface area contributed by atoms with E-state index in [-0.39, 0.29) is 11.7 Å². The number of carbonyl (C=O) groups excluding carboxylic acids is 1. The molecule has 1 aliphatic rings. The molecule has 1 amide bonds. The maximum absolute atomic E-state index is 12.0. The lowest BCUT2D eigenvalue weighted by molar-refractivity contribution is 0.0736. The molecule has 1 aromatic rings. The van der Waals surface area contributed by atoms with Gasteiger partial charge in [-0.1, -0.05) is 6.92 Å². The lowest BCUT2D eigenvalue weighted by Gasteiger charge is -2.22. The number of thioether (sulfide) groups is 1. The summed E-state index contributed by atoms with van der Waals surface area (Å²) in [5, 5.41) is 6.71. The van der Waals surface area contributed by atoms with E-state index in [1.807, 2.05) is 25.7 Å². The van der Waals surface area contributed by atoms with Gasteiger partial charge in [0.05, 0.1) is 0 Å². The van der Waals surface area contributed by atoms with Gasteiger partial charge >= 0.3 is 0 Å². The van der Waals surface area contributed by atoms with Gasteiger partial charge in [-0.15, -0.1) is 5.10 Å². The Morgan fingerprint density at radius 3 is 3.06 bits per heavy atom. The number of amides is 1. The molecule has 88 valence electrons. The third-order valence-electron chi connectivity index (χ3n) is 2.83. The smallest absolute Gasteiger partial charge is 0.293 e. The van der Waals surface area contributed by atoms with Gasteiger partial charge < -0.3 is 4.90 Å². The Morgan fingerprint density at radius 2 is 2.50 bits per heavy atom. The second-order valence-electron chi connectivity index (χ2n) is 3.89. The Balaban J connectivity index is 2.05. The topological polar surface area (TPSA) is 61.9 Å². The first-order chi connectivity index (χ1) is 7.72. The van der Waals surface area contributed by atoms with Crippen LogP contribution in [0.25, 0.3) is 0 Å². The number of rotatable bonds is 3. The zero-order valence-corrected chi connectivity index (χ0v) is 10.4. The third-order valence-corrected chi connectivity index (χ3v) is 3.98. The minimum absolute atomic E-state index is 0.0801. The molecule has 1 saturated heterocycles. The number of aromatic amines is 1. The van der Waals surface area contributed by atoms with Crippen LogP contribution in [-0.4, -0.2) is 50.6 Å². The molecule has 0 bridgehead atoms. The first-order valence-corrected chi connectivity index (χ1v) is 6.64. The van der Waals surface area contributed by atoms with E-state index >= 15 is 0 Å². The maximum atomic E-state index is 12.0. The Bertz CT molecular complexity index is 373. The molecule has 0 aliphatic carbocycles. The number of H-pyrrole nitrogens is 1. The molecular weight excluding hydrogens is 224 g/mol. The van der Waals surface area contributed by atoms with Crippen LogP contribution in [-0.2, 0) is 6.42 Å². The molecule has 6 heteroatoms. The zero-order chi connectivity index (χ0) is 11.5. The van der Waals surface area contributed by atoms with Crippen molar-refractivity contribution in [2.45, 2.75) is 25.8 Å². The summed E-state index contributed by atoms with van der Waals surface area (Å²) in [6.07, 6.45) is 1.83. The van der Waals surface area contributed by atoms with E-state index in [4.69, 9.17) is 0 Å². The predicted molar refractivity (Wildman–Crippen MR) is 63.6 cm³/mol. The van der Waals surface area contributed by atoms with Crippen LogP contribution in [0.5, 0.6) is 0 Å². The molecule has 0 spiro atoms. The molecule has 1 aromatic heterocycles. The van der Waals surface area contributed by atoms with Gasteiger partial charge in [-0.25, -0.2) is 4.98 Å². The highest BCUT2D eigenvalue weighted by Crippen LogP contribution is 2.22. The highest BCUT2D eigenvalue weighted by atomic mass is 32.2. The van der Waals surface area contributed by atoms with Crippen molar-refractivity contribution < 1.29 is 4.79 Å². The van der Waals surface area contributed by atoms with Gasteiger partial charge in [-0.3, -0.25) is 9.89 Å². The van der Waals surface area contributed by atoms with E-state index in [9.17, 15) is 4.79 Å². The van der Waals surface area contributed by atoms with Crippen molar-refractivity contribution in [3.05, 3.63) is 11.6 Å². The molecule has 1 aliphatic heterocycles. The zero-order valence-electron chi connectivity index (χ0n) is 9.56. The second kappa shape index (κ2) is 4.86. The van der Waals surface area contributed by atoms with Crippen molar-refractivity contribution in [3.63, 3.8) is 0 Å². The third kappa shape index (κ3) is 2.21. The standard InChI is InChI=1S/C10H16N4OS/c1-3-8-11-9(13-12-8)10(15)14(2)7-4-5-16-6-7/h7H,3-6H2,1-2H3,(H,11,12,13). The molecule has 1 unspecified atom stereocenters. The number of nitrogens with zero attached hydrogens (tertiary/aromatic N) is 3. The average Bonchev–Trinajstić information content (AvgIpc) is 2.97. The van der Waals surface area contributed by atoms with Gasteiger partial charge in [-0.2, -0.15) is 11.8 Å². The van der Waals surface area contributed by atoms with Gasteiger partial charge in [0.2, 0.25) is 5.82 Å². The van der Waals surface area contributed by atoms with Crippen LogP contribution in [0.4, 0.5) is 0 Å². The molecule has 0 aromatic carbocycles. The minimum atomic E-state index is -0.0801. The van der Waals surface area contributed by atoms with Crippen molar-refractivity contribution in [2.24, 2.45) is 0 Å². The highest BCUT2D eigenvalue weighted by Gasteiger charge is 2.26. The summed E-state index contributed by atoms with van der Waals surface area (Å²) < 4.78 is 0. The number of nitrogens with one attached hydrogen (secondary N) is 1. The maximum Gasteiger partial charge on any atom is 0.293 e. The summed E-state index contributed by atoms with van der Waals surface area (Å²) in [5.41, 5.74) is 0. The first-order valence-electron chi connectivity index (χ1n) is 5.48. The molecule has 1 fully saturated rings. The van der Waals surface area contributed by atoms with E-state index in [1.165, 1.54) is 0 Å². The number of aromatic nitrogens is 3. The van der Waals surface area contributed by atoms with E-state index in [0.717, 1.165) is 30.2 Å². The Labute approximate surface area is 99.0 Å². The normalized spacial score (nSPS) is 20.0. The van der Waals surface area contributed by atoms with Crippen LogP contribution < -0.4 is 0 Å². The van der Waals surface area contributed by atoms with Crippen LogP contribution in [0.2, 0.25) is 0 Å². The van der Waals surface area contributed by atoms with Crippen LogP contribution in [0, 0.1) is 0 Å². The Hall–Kier alpha value is -1.04. The van der Waals surface area contributed by atoms with Gasteiger partial charge in [-0.05, 0) is 12.2 Å². The van der Waals surface area contributed by atoms with E-state index in [1.54, 1.807) is 4.90 Å². The Kier molecular flexibility index (Phi) is 3.48. The first kappa shape index (κ1) is 11.4. The van der Waals surface area contributed by atoms with E-state index in [0.29, 0.717) is 6.04 Å². The summed E-state index contributed by atoms with van der Waals surface area (Å²) in [6, 6.07) is 0.334. The summed E-state index contributed by atoms with van der Waals surface area (Å²) in [6.45, 7) is 1.98. The summed E-state index contributed by atoms with van der Waals surface area (Å²) >= 11 is 1.89. The van der Waals surface area contributed by atoms with Crippen molar-refractivity contribution in [1.82, 2.24) is 20.1 Å². The fourth-order valence-corrected chi connectivity index (χ4v) is 2.97. The fraction of sp³-hybridized carbons (Fsp3) is 0.700. The van der Waals surface area contributed by atoms with Crippen molar-refractivity contribution in [1.29, 1.82) is 0 Å². The summed E-state index contributed by atoms with van der Waals surface area (Å²) in [4.78, 5) is 18.0. The SMILES string of the molecule is CCc1nc(C(=O)N(C)C2CCSC2)n[nH]1. The highest BCUT2D eigenvalue weighted by molar-refractivity contribution is 7.99. The van der Waals surface area contributed by atoms with Crippen LogP contribution in [0.15, 0.2) is 0 Å². The predicted octanol–water partition coefficient (Wildman–Crippen LogP) is 0.945. The second-order valence-corrected chi connectivity index (χ2v) is 5.04. The van der Waals surface area contributed by atoms with Crippen molar-refractivity contribution in [3.8, 4) is 0 Å². The fourth-order valence-electron chi connectivity index (χ4n) is 1.70. The van der Waals surface area contributed by atoms with Gasteiger partial charge in [0.1, 0.15) is 5.82 Å². The quantitative estimate of drug-likeness (QED) is 0.854.